The Morgan fingerprint density at radius 3 is 2.33 bits per heavy atom. The summed E-state index contributed by atoms with van der Waals surface area (Å²) in [4.78, 5) is 12.3. The fourth-order valence-electron chi connectivity index (χ4n) is 2.03. The summed E-state index contributed by atoms with van der Waals surface area (Å²) < 4.78 is 24.4. The number of hydrogen-bond donors (Lipinski definition) is 2. The molecule has 118 valence electrons. The Bertz CT molecular complexity index is 458. The van der Waals surface area contributed by atoms with Crippen LogP contribution in [0.2, 0.25) is 0 Å². The van der Waals surface area contributed by atoms with Crippen LogP contribution in [0.25, 0.3) is 0 Å². The van der Waals surface area contributed by atoms with Crippen molar-refractivity contribution in [3.63, 3.8) is 0 Å². The average Bonchev–Trinajstić information content (AvgIpc) is 2.28. The quantitative estimate of drug-likeness (QED) is 0.777. The summed E-state index contributed by atoms with van der Waals surface area (Å²) in [5.74, 6) is -2.61. The van der Waals surface area contributed by atoms with E-state index in [0.717, 1.165) is 6.42 Å². The van der Waals surface area contributed by atoms with Crippen LogP contribution in [0.5, 0.6) is 0 Å². The molecule has 0 heterocycles. The fourth-order valence-corrected chi connectivity index (χ4v) is 2.53. The molecule has 1 aromatic rings. The van der Waals surface area contributed by atoms with E-state index in [4.69, 9.17) is 5.73 Å². The molecule has 0 aliphatic carbocycles. The monoisotopic (exact) mass is 316 g/mol. The highest BCUT2D eigenvalue weighted by atomic mass is 32.2. The molecular weight excluding hydrogens is 294 g/mol. The SMILES string of the molecule is CC(C)(C)CC(N)CC(=O)Nc1ccc(SC(F)F)cc1. The summed E-state index contributed by atoms with van der Waals surface area (Å²) in [6.07, 6.45) is 0.995. The molecule has 0 aromatic heterocycles. The summed E-state index contributed by atoms with van der Waals surface area (Å²) in [6, 6.07) is 6.14. The molecule has 1 aromatic carbocycles. The van der Waals surface area contributed by atoms with Crippen LogP contribution in [0.4, 0.5) is 14.5 Å². The first kappa shape index (κ1) is 17.9. The van der Waals surface area contributed by atoms with Crippen LogP contribution in [0.15, 0.2) is 29.2 Å². The molecule has 0 saturated heterocycles. The van der Waals surface area contributed by atoms with Gasteiger partial charge in [-0.15, -0.1) is 0 Å². The number of halogens is 2. The summed E-state index contributed by atoms with van der Waals surface area (Å²) in [5.41, 5.74) is 6.61. The highest BCUT2D eigenvalue weighted by Gasteiger charge is 2.18. The number of carbonyl (C=O) groups is 1. The van der Waals surface area contributed by atoms with Gasteiger partial charge < -0.3 is 11.1 Å². The van der Waals surface area contributed by atoms with E-state index in [1.54, 1.807) is 24.3 Å². The number of alkyl halides is 2. The van der Waals surface area contributed by atoms with E-state index >= 15 is 0 Å². The number of nitrogens with one attached hydrogen (secondary N) is 1. The molecule has 0 radical (unpaired) electrons. The van der Waals surface area contributed by atoms with E-state index in [1.165, 1.54) is 0 Å². The zero-order valence-electron chi connectivity index (χ0n) is 12.5. The maximum atomic E-state index is 12.2. The Balaban J connectivity index is 2.47. The molecule has 21 heavy (non-hydrogen) atoms. The van der Waals surface area contributed by atoms with Gasteiger partial charge in [0.1, 0.15) is 0 Å². The predicted octanol–water partition coefficient (Wildman–Crippen LogP) is 4.09. The van der Waals surface area contributed by atoms with Crippen molar-refractivity contribution in [2.45, 2.75) is 50.3 Å². The number of anilines is 1. The van der Waals surface area contributed by atoms with Crippen LogP contribution in [0, 0.1) is 5.41 Å². The van der Waals surface area contributed by atoms with Gasteiger partial charge in [0.25, 0.3) is 5.76 Å². The number of benzene rings is 1. The maximum Gasteiger partial charge on any atom is 0.288 e. The first-order valence-corrected chi connectivity index (χ1v) is 7.64. The first-order chi connectivity index (χ1) is 9.65. The lowest BCUT2D eigenvalue weighted by Gasteiger charge is -2.22. The highest BCUT2D eigenvalue weighted by molar-refractivity contribution is 7.99. The van der Waals surface area contributed by atoms with Gasteiger partial charge in [0, 0.05) is 23.0 Å². The zero-order valence-corrected chi connectivity index (χ0v) is 13.3. The number of amides is 1. The topological polar surface area (TPSA) is 55.1 Å². The van der Waals surface area contributed by atoms with Crippen molar-refractivity contribution in [3.05, 3.63) is 24.3 Å². The second kappa shape index (κ2) is 7.75. The Kier molecular flexibility index (Phi) is 6.61. The largest absolute Gasteiger partial charge is 0.327 e. The second-order valence-corrected chi connectivity index (χ2v) is 7.24. The summed E-state index contributed by atoms with van der Waals surface area (Å²) >= 11 is 0.477. The average molecular weight is 316 g/mol. The second-order valence-electron chi connectivity index (χ2n) is 6.18. The zero-order chi connectivity index (χ0) is 16.0. The third-order valence-corrected chi connectivity index (χ3v) is 3.41. The molecule has 0 saturated carbocycles. The molecule has 0 spiro atoms. The molecule has 0 aliphatic rings. The van der Waals surface area contributed by atoms with Crippen LogP contribution in [-0.2, 0) is 4.79 Å². The third-order valence-electron chi connectivity index (χ3n) is 2.69. The van der Waals surface area contributed by atoms with E-state index in [1.807, 2.05) is 0 Å². The lowest BCUT2D eigenvalue weighted by Crippen LogP contribution is -2.31. The maximum absolute atomic E-state index is 12.2. The van der Waals surface area contributed by atoms with Crippen molar-refractivity contribution in [2.75, 3.05) is 5.32 Å². The molecule has 0 bridgehead atoms. The van der Waals surface area contributed by atoms with Gasteiger partial charge in [-0.2, -0.15) is 8.78 Å². The number of hydrogen-bond acceptors (Lipinski definition) is 3. The van der Waals surface area contributed by atoms with E-state index < -0.39 is 5.76 Å². The lowest BCUT2D eigenvalue weighted by molar-refractivity contribution is -0.116. The van der Waals surface area contributed by atoms with Crippen molar-refractivity contribution in [2.24, 2.45) is 11.1 Å². The van der Waals surface area contributed by atoms with Crippen LogP contribution >= 0.6 is 11.8 Å². The van der Waals surface area contributed by atoms with E-state index in [2.05, 4.69) is 26.1 Å². The van der Waals surface area contributed by atoms with E-state index in [-0.39, 0.29) is 23.8 Å². The molecule has 6 heteroatoms. The van der Waals surface area contributed by atoms with Gasteiger partial charge >= 0.3 is 0 Å². The van der Waals surface area contributed by atoms with E-state index in [9.17, 15) is 13.6 Å². The highest BCUT2D eigenvalue weighted by Crippen LogP contribution is 2.26. The number of nitrogens with two attached hydrogens (primary N) is 1. The van der Waals surface area contributed by atoms with Gasteiger partial charge in [-0.3, -0.25) is 4.79 Å². The minimum absolute atomic E-state index is 0.0772. The molecular formula is C15H22F2N2OS. The first-order valence-electron chi connectivity index (χ1n) is 6.76. The van der Waals surface area contributed by atoms with Crippen molar-refractivity contribution in [3.8, 4) is 0 Å². The van der Waals surface area contributed by atoms with Crippen molar-refractivity contribution >= 4 is 23.4 Å². The van der Waals surface area contributed by atoms with Gasteiger partial charge in [0.15, 0.2) is 0 Å². The van der Waals surface area contributed by atoms with E-state index in [0.29, 0.717) is 22.3 Å². The molecule has 1 rings (SSSR count). The molecule has 1 atom stereocenters. The van der Waals surface area contributed by atoms with Crippen LogP contribution in [0.3, 0.4) is 0 Å². The van der Waals surface area contributed by atoms with Gasteiger partial charge in [-0.1, -0.05) is 32.5 Å². The Morgan fingerprint density at radius 2 is 1.86 bits per heavy atom. The normalized spacial score (nSPS) is 13.3. The summed E-state index contributed by atoms with van der Waals surface area (Å²) in [6.45, 7) is 6.22. The minimum Gasteiger partial charge on any atom is -0.327 e. The predicted molar refractivity (Wildman–Crippen MR) is 83.6 cm³/mol. The fraction of sp³-hybridized carbons (Fsp3) is 0.533. The molecule has 1 unspecified atom stereocenters. The number of rotatable bonds is 6. The van der Waals surface area contributed by atoms with Gasteiger partial charge in [0.05, 0.1) is 0 Å². The van der Waals surface area contributed by atoms with Crippen LogP contribution < -0.4 is 11.1 Å². The van der Waals surface area contributed by atoms with Gasteiger partial charge in [-0.25, -0.2) is 0 Å². The lowest BCUT2D eigenvalue weighted by atomic mass is 9.87. The third kappa shape index (κ3) is 8.02. The van der Waals surface area contributed by atoms with Gasteiger partial charge in [-0.05, 0) is 36.1 Å². The van der Waals surface area contributed by atoms with Crippen LogP contribution in [-0.4, -0.2) is 17.7 Å². The number of carbonyl (C=O) groups excluding carboxylic acids is 1. The standard InChI is InChI=1S/C15H22F2N2OS/c1-15(2,3)9-10(18)8-13(20)19-11-4-6-12(7-5-11)21-14(16)17/h4-7,10,14H,8-9,18H2,1-3H3,(H,19,20). The van der Waals surface area contributed by atoms with Gasteiger partial charge in [0.2, 0.25) is 5.91 Å². The Hall–Kier alpha value is -1.14. The summed E-state index contributed by atoms with van der Waals surface area (Å²) in [5, 5.41) is 2.72. The minimum atomic E-state index is -2.44. The molecule has 0 aliphatic heterocycles. The Labute approximate surface area is 128 Å². The van der Waals surface area contributed by atoms with Crippen molar-refractivity contribution in [1.82, 2.24) is 0 Å². The van der Waals surface area contributed by atoms with Crippen LogP contribution in [0.1, 0.15) is 33.6 Å². The van der Waals surface area contributed by atoms with Crippen molar-refractivity contribution in [1.29, 1.82) is 0 Å². The molecule has 1 amide bonds. The molecule has 0 fully saturated rings. The summed E-state index contributed by atoms with van der Waals surface area (Å²) in [7, 11) is 0. The van der Waals surface area contributed by atoms with Crippen molar-refractivity contribution < 1.29 is 13.6 Å². The number of thioether (sulfide) groups is 1. The molecule has 3 N–H and O–H groups in total. The Morgan fingerprint density at radius 1 is 1.29 bits per heavy atom. The smallest absolute Gasteiger partial charge is 0.288 e. The molecule has 3 nitrogen and oxygen atoms in total.